The molecule has 0 spiro atoms. The summed E-state index contributed by atoms with van der Waals surface area (Å²) in [6.45, 7) is 6.78. The van der Waals surface area contributed by atoms with E-state index in [2.05, 4.69) is 62.8 Å². The van der Waals surface area contributed by atoms with Crippen molar-refractivity contribution in [2.45, 2.75) is 22.3 Å². The smallest absolute Gasteiger partial charge is 0.225 e. The molecule has 2 saturated heterocycles. The number of piperazine rings is 2. The van der Waals surface area contributed by atoms with Gasteiger partial charge in [0.05, 0.1) is 11.4 Å². The van der Waals surface area contributed by atoms with Crippen LogP contribution in [0.2, 0.25) is 0 Å². The minimum atomic E-state index is 0. The van der Waals surface area contributed by atoms with Crippen molar-refractivity contribution >= 4 is 23.4 Å². The SMILES string of the molecule is C.C.C.c1ccc(-c2cc(N3CCN(c4ncccn4)CC3)c(N3CCN(c4ncccn4)CC3)nn2)cc1. The fourth-order valence-corrected chi connectivity index (χ4v) is 4.76. The second-order valence-electron chi connectivity index (χ2n) is 8.85. The Morgan fingerprint density at radius 2 is 0.949 bits per heavy atom. The summed E-state index contributed by atoms with van der Waals surface area (Å²) in [7, 11) is 0. The number of hydrogen-bond acceptors (Lipinski definition) is 10. The van der Waals surface area contributed by atoms with Gasteiger partial charge < -0.3 is 19.6 Å². The molecule has 1 aromatic carbocycles. The van der Waals surface area contributed by atoms with Gasteiger partial charge in [0.1, 0.15) is 0 Å². The van der Waals surface area contributed by atoms with Crippen LogP contribution in [0.15, 0.2) is 73.3 Å². The Kier molecular flexibility index (Phi) is 10.1. The van der Waals surface area contributed by atoms with Crippen molar-refractivity contribution in [2.75, 3.05) is 72.0 Å². The van der Waals surface area contributed by atoms with E-state index in [1.807, 2.05) is 30.3 Å². The molecule has 0 saturated carbocycles. The predicted octanol–water partition coefficient (Wildman–Crippen LogP) is 4.29. The molecule has 10 heteroatoms. The average molecular weight is 529 g/mol. The first-order chi connectivity index (χ1) is 17.8. The maximum Gasteiger partial charge on any atom is 0.225 e. The number of aromatic nitrogens is 6. The van der Waals surface area contributed by atoms with Gasteiger partial charge in [-0.05, 0) is 18.2 Å². The molecule has 39 heavy (non-hydrogen) atoms. The van der Waals surface area contributed by atoms with E-state index in [0.29, 0.717) is 0 Å². The maximum absolute atomic E-state index is 4.78. The molecule has 2 aliphatic rings. The summed E-state index contributed by atoms with van der Waals surface area (Å²) in [5, 5.41) is 9.41. The molecule has 0 radical (unpaired) electrons. The maximum atomic E-state index is 4.78. The van der Waals surface area contributed by atoms with Crippen LogP contribution in [0.5, 0.6) is 0 Å². The van der Waals surface area contributed by atoms with Gasteiger partial charge in [-0.25, -0.2) is 19.9 Å². The number of rotatable bonds is 5. The van der Waals surface area contributed by atoms with Crippen molar-refractivity contribution in [3.63, 3.8) is 0 Å². The fraction of sp³-hybridized carbons (Fsp3) is 0.379. The number of anilines is 4. The highest BCUT2D eigenvalue weighted by molar-refractivity contribution is 5.73. The van der Waals surface area contributed by atoms with Crippen LogP contribution in [0.25, 0.3) is 11.3 Å². The third kappa shape index (κ3) is 6.39. The van der Waals surface area contributed by atoms with Gasteiger partial charge in [0.15, 0.2) is 5.82 Å². The molecule has 0 amide bonds. The summed E-state index contributed by atoms with van der Waals surface area (Å²) in [5.41, 5.74) is 3.08. The van der Waals surface area contributed by atoms with Crippen molar-refractivity contribution in [1.82, 2.24) is 30.1 Å². The lowest BCUT2D eigenvalue weighted by Crippen LogP contribution is -2.50. The zero-order valence-electron chi connectivity index (χ0n) is 20.1. The number of benzene rings is 1. The van der Waals surface area contributed by atoms with E-state index in [4.69, 9.17) is 5.10 Å². The number of nitrogens with zero attached hydrogens (tertiary/aromatic N) is 10. The van der Waals surface area contributed by atoms with Crippen molar-refractivity contribution in [2.24, 2.45) is 0 Å². The Hall–Kier alpha value is -4.34. The van der Waals surface area contributed by atoms with Crippen LogP contribution in [0.3, 0.4) is 0 Å². The van der Waals surface area contributed by atoms with Gasteiger partial charge in [0.2, 0.25) is 11.9 Å². The summed E-state index contributed by atoms with van der Waals surface area (Å²) in [6, 6.07) is 16.1. The fourth-order valence-electron chi connectivity index (χ4n) is 4.76. The van der Waals surface area contributed by atoms with Crippen LogP contribution in [-0.2, 0) is 0 Å². The summed E-state index contributed by atoms with van der Waals surface area (Å²) in [4.78, 5) is 26.9. The van der Waals surface area contributed by atoms with Crippen LogP contribution in [0, 0.1) is 0 Å². The van der Waals surface area contributed by atoms with Crippen molar-refractivity contribution in [3.05, 3.63) is 73.3 Å². The molecular weight excluding hydrogens is 488 g/mol. The van der Waals surface area contributed by atoms with Crippen molar-refractivity contribution in [3.8, 4) is 11.3 Å². The third-order valence-electron chi connectivity index (χ3n) is 6.69. The molecule has 0 unspecified atom stereocenters. The number of hydrogen-bond donors (Lipinski definition) is 0. The van der Waals surface area contributed by atoms with Crippen molar-refractivity contribution in [1.29, 1.82) is 0 Å². The lowest BCUT2D eigenvalue weighted by Gasteiger charge is -2.40. The summed E-state index contributed by atoms with van der Waals surface area (Å²) in [6.07, 6.45) is 7.18. The lowest BCUT2D eigenvalue weighted by atomic mass is 10.1. The molecule has 6 rings (SSSR count). The second kappa shape index (κ2) is 13.5. The Bertz CT molecular complexity index is 1260. The zero-order chi connectivity index (χ0) is 24.2. The first-order valence-electron chi connectivity index (χ1n) is 12.3. The third-order valence-corrected chi connectivity index (χ3v) is 6.69. The molecule has 2 fully saturated rings. The lowest BCUT2D eigenvalue weighted by molar-refractivity contribution is 0.618. The van der Waals surface area contributed by atoms with Crippen LogP contribution >= 0.6 is 0 Å². The molecule has 206 valence electrons. The molecule has 0 N–H and O–H groups in total. The van der Waals surface area contributed by atoms with Gasteiger partial charge in [-0.2, -0.15) is 0 Å². The second-order valence-corrected chi connectivity index (χ2v) is 8.85. The Balaban J connectivity index is 0.00000140. The zero-order valence-corrected chi connectivity index (χ0v) is 20.1. The highest BCUT2D eigenvalue weighted by Gasteiger charge is 2.27. The summed E-state index contributed by atoms with van der Waals surface area (Å²) in [5.74, 6) is 2.50. The van der Waals surface area contributed by atoms with Gasteiger partial charge in [0.25, 0.3) is 0 Å². The van der Waals surface area contributed by atoms with Gasteiger partial charge in [-0.3, -0.25) is 0 Å². The van der Waals surface area contributed by atoms with Crippen LogP contribution in [0.1, 0.15) is 22.3 Å². The Morgan fingerprint density at radius 1 is 0.487 bits per heavy atom. The van der Waals surface area contributed by atoms with E-state index < -0.39 is 0 Å². The van der Waals surface area contributed by atoms with Crippen LogP contribution in [-0.4, -0.2) is 82.5 Å². The standard InChI is InChI=1S/C26H28N10.3CH4/c1-2-6-21(7-3-1)22-20-23(33-12-16-35(17-13-33)25-27-8-4-9-28-25)24(32-31-22)34-14-18-36(19-15-34)26-29-10-5-11-30-26;;;/h1-11,20H,12-19H2;3*1H4. The molecule has 3 aromatic heterocycles. The highest BCUT2D eigenvalue weighted by atomic mass is 15.4. The monoisotopic (exact) mass is 528 g/mol. The van der Waals surface area contributed by atoms with Crippen LogP contribution < -0.4 is 19.6 Å². The summed E-state index contributed by atoms with van der Waals surface area (Å²) >= 11 is 0. The van der Waals surface area contributed by atoms with Crippen LogP contribution in [0.4, 0.5) is 23.4 Å². The normalized spacial score (nSPS) is 15.1. The molecule has 5 heterocycles. The van der Waals surface area contributed by atoms with E-state index >= 15 is 0 Å². The minimum absolute atomic E-state index is 0. The molecule has 0 aliphatic carbocycles. The first-order valence-corrected chi connectivity index (χ1v) is 12.3. The van der Waals surface area contributed by atoms with Gasteiger partial charge >= 0.3 is 0 Å². The quantitative estimate of drug-likeness (QED) is 0.374. The van der Waals surface area contributed by atoms with Crippen molar-refractivity contribution < 1.29 is 0 Å². The molecule has 2 aliphatic heterocycles. The van der Waals surface area contributed by atoms with Gasteiger partial charge in [-0.1, -0.05) is 52.6 Å². The minimum Gasteiger partial charge on any atom is -0.365 e. The summed E-state index contributed by atoms with van der Waals surface area (Å²) < 4.78 is 0. The average Bonchev–Trinajstić information content (AvgIpc) is 2.98. The Morgan fingerprint density at radius 3 is 1.46 bits per heavy atom. The van der Waals surface area contributed by atoms with E-state index in [1.165, 1.54) is 0 Å². The highest BCUT2D eigenvalue weighted by Crippen LogP contribution is 2.32. The van der Waals surface area contributed by atoms with Gasteiger partial charge in [-0.15, -0.1) is 10.2 Å². The largest absolute Gasteiger partial charge is 0.365 e. The predicted molar refractivity (Wildman–Crippen MR) is 161 cm³/mol. The Labute approximate surface area is 232 Å². The molecule has 0 atom stereocenters. The molecule has 10 nitrogen and oxygen atoms in total. The van der Waals surface area contributed by atoms with E-state index in [1.54, 1.807) is 24.8 Å². The molecule has 0 bridgehead atoms. The van der Waals surface area contributed by atoms with E-state index in [9.17, 15) is 0 Å². The topological polar surface area (TPSA) is 90.3 Å². The van der Waals surface area contributed by atoms with E-state index in [-0.39, 0.29) is 22.3 Å². The first kappa shape index (κ1) is 29.2. The van der Waals surface area contributed by atoms with Gasteiger partial charge in [0, 0.05) is 82.7 Å². The molecule has 4 aromatic rings. The molecular formula is C29H40N10. The van der Waals surface area contributed by atoms with E-state index in [0.717, 1.165) is 87.0 Å².